The van der Waals surface area contributed by atoms with Gasteiger partial charge in [0.25, 0.3) is 0 Å². The molecule has 1 fully saturated rings. The summed E-state index contributed by atoms with van der Waals surface area (Å²) in [5.41, 5.74) is 3.04. The highest BCUT2D eigenvalue weighted by molar-refractivity contribution is 7.90. The lowest BCUT2D eigenvalue weighted by atomic mass is 9.91. The Morgan fingerprint density at radius 1 is 1.22 bits per heavy atom. The highest BCUT2D eigenvalue weighted by Crippen LogP contribution is 2.22. The number of likely N-dealkylation sites (tertiary alicyclic amines) is 1. The Morgan fingerprint density at radius 2 is 1.96 bits per heavy atom. The Hall–Kier alpha value is -2.41. The SMILES string of the molecule is Cc1ccc(C[C@@H]2CCCN(C(=O)Nc3ccc(S(C)(=O)=O)nc3)C2)cc1. The summed E-state index contributed by atoms with van der Waals surface area (Å²) in [6, 6.07) is 11.4. The topological polar surface area (TPSA) is 79.4 Å². The Bertz CT molecular complexity index is 893. The average Bonchev–Trinajstić information content (AvgIpc) is 2.63. The van der Waals surface area contributed by atoms with Gasteiger partial charge in [-0.05, 0) is 49.8 Å². The van der Waals surface area contributed by atoms with Crippen molar-refractivity contribution >= 4 is 21.6 Å². The number of aryl methyl sites for hydroxylation is 1. The molecule has 1 aliphatic heterocycles. The van der Waals surface area contributed by atoms with Crippen molar-refractivity contribution in [3.63, 3.8) is 0 Å². The maximum absolute atomic E-state index is 12.6. The van der Waals surface area contributed by atoms with Crippen molar-refractivity contribution in [1.82, 2.24) is 9.88 Å². The van der Waals surface area contributed by atoms with Crippen LogP contribution in [0.3, 0.4) is 0 Å². The van der Waals surface area contributed by atoms with E-state index in [1.807, 2.05) is 4.90 Å². The van der Waals surface area contributed by atoms with E-state index < -0.39 is 9.84 Å². The molecule has 144 valence electrons. The molecular weight excluding hydrogens is 362 g/mol. The number of urea groups is 1. The highest BCUT2D eigenvalue weighted by atomic mass is 32.2. The van der Waals surface area contributed by atoms with E-state index >= 15 is 0 Å². The fourth-order valence-corrected chi connectivity index (χ4v) is 3.91. The number of nitrogens with zero attached hydrogens (tertiary/aromatic N) is 2. The zero-order valence-corrected chi connectivity index (χ0v) is 16.5. The fourth-order valence-electron chi connectivity index (χ4n) is 3.35. The minimum Gasteiger partial charge on any atom is -0.324 e. The minimum atomic E-state index is -3.34. The normalized spacial score (nSPS) is 17.6. The molecule has 2 amide bonds. The molecule has 1 aliphatic rings. The van der Waals surface area contributed by atoms with Crippen molar-refractivity contribution in [2.24, 2.45) is 5.92 Å². The maximum atomic E-state index is 12.6. The van der Waals surface area contributed by atoms with E-state index in [9.17, 15) is 13.2 Å². The molecule has 2 aromatic rings. The van der Waals surface area contributed by atoms with Crippen LogP contribution in [0.4, 0.5) is 10.5 Å². The lowest BCUT2D eigenvalue weighted by Gasteiger charge is -2.33. The molecule has 3 rings (SSSR count). The van der Waals surface area contributed by atoms with Crippen LogP contribution in [-0.2, 0) is 16.3 Å². The number of pyridine rings is 1. The molecule has 27 heavy (non-hydrogen) atoms. The molecule has 0 bridgehead atoms. The van der Waals surface area contributed by atoms with Gasteiger partial charge < -0.3 is 10.2 Å². The second-order valence-electron chi connectivity index (χ2n) is 7.23. The number of amides is 2. The molecule has 0 saturated carbocycles. The van der Waals surface area contributed by atoms with Crippen molar-refractivity contribution in [2.75, 3.05) is 24.7 Å². The molecule has 1 aromatic heterocycles. The van der Waals surface area contributed by atoms with Gasteiger partial charge in [-0.2, -0.15) is 0 Å². The second kappa shape index (κ2) is 8.08. The summed E-state index contributed by atoms with van der Waals surface area (Å²) in [6.07, 6.45) is 5.55. The van der Waals surface area contributed by atoms with E-state index in [1.54, 1.807) is 6.07 Å². The van der Waals surface area contributed by atoms with Gasteiger partial charge in [0, 0.05) is 19.3 Å². The molecular formula is C20H25N3O3S. The maximum Gasteiger partial charge on any atom is 0.321 e. The van der Waals surface area contributed by atoms with Gasteiger partial charge in [-0.25, -0.2) is 18.2 Å². The predicted octanol–water partition coefficient (Wildman–Crippen LogP) is 3.28. The van der Waals surface area contributed by atoms with Crippen molar-refractivity contribution in [3.05, 3.63) is 53.7 Å². The van der Waals surface area contributed by atoms with E-state index in [1.165, 1.54) is 23.4 Å². The third kappa shape index (κ3) is 5.29. The van der Waals surface area contributed by atoms with Crippen molar-refractivity contribution in [2.45, 2.75) is 31.2 Å². The molecule has 0 unspecified atom stereocenters. The van der Waals surface area contributed by atoms with Crippen LogP contribution in [0.1, 0.15) is 24.0 Å². The van der Waals surface area contributed by atoms with Gasteiger partial charge in [-0.1, -0.05) is 29.8 Å². The van der Waals surface area contributed by atoms with Gasteiger partial charge >= 0.3 is 6.03 Å². The molecule has 2 heterocycles. The van der Waals surface area contributed by atoms with Gasteiger partial charge in [0.2, 0.25) is 0 Å². The zero-order valence-electron chi connectivity index (χ0n) is 15.7. The summed E-state index contributed by atoms with van der Waals surface area (Å²) >= 11 is 0. The van der Waals surface area contributed by atoms with Crippen LogP contribution in [-0.4, -0.2) is 43.7 Å². The number of carbonyl (C=O) groups excluding carboxylic acids is 1. The first-order valence-electron chi connectivity index (χ1n) is 9.09. The van der Waals surface area contributed by atoms with Gasteiger partial charge in [0.15, 0.2) is 14.9 Å². The number of aromatic nitrogens is 1. The summed E-state index contributed by atoms with van der Waals surface area (Å²) in [5, 5.41) is 2.81. The molecule has 0 spiro atoms. The third-order valence-corrected chi connectivity index (χ3v) is 5.82. The van der Waals surface area contributed by atoms with Crippen LogP contribution in [0.2, 0.25) is 0 Å². The van der Waals surface area contributed by atoms with Crippen molar-refractivity contribution in [1.29, 1.82) is 0 Å². The number of sulfone groups is 1. The number of piperidine rings is 1. The van der Waals surface area contributed by atoms with E-state index in [0.717, 1.165) is 32.1 Å². The fraction of sp³-hybridized carbons (Fsp3) is 0.400. The van der Waals surface area contributed by atoms with E-state index in [0.29, 0.717) is 18.2 Å². The van der Waals surface area contributed by atoms with Crippen LogP contribution in [0.5, 0.6) is 0 Å². The third-order valence-electron chi connectivity index (χ3n) is 4.82. The lowest BCUT2D eigenvalue weighted by molar-refractivity contribution is 0.177. The minimum absolute atomic E-state index is 0.00312. The Morgan fingerprint density at radius 3 is 2.59 bits per heavy atom. The number of hydrogen-bond donors (Lipinski definition) is 1. The van der Waals surface area contributed by atoms with Crippen LogP contribution >= 0.6 is 0 Å². The Balaban J connectivity index is 1.58. The van der Waals surface area contributed by atoms with Crippen LogP contribution in [0.25, 0.3) is 0 Å². The smallest absolute Gasteiger partial charge is 0.321 e. The first kappa shape index (κ1) is 19.4. The Kier molecular flexibility index (Phi) is 5.79. The first-order valence-corrected chi connectivity index (χ1v) is 11.0. The van der Waals surface area contributed by atoms with Crippen molar-refractivity contribution in [3.8, 4) is 0 Å². The number of benzene rings is 1. The second-order valence-corrected chi connectivity index (χ2v) is 9.19. The van der Waals surface area contributed by atoms with Gasteiger partial charge in [-0.15, -0.1) is 0 Å². The zero-order chi connectivity index (χ0) is 19.4. The van der Waals surface area contributed by atoms with E-state index in [2.05, 4.69) is 41.5 Å². The number of nitrogens with one attached hydrogen (secondary N) is 1. The monoisotopic (exact) mass is 387 g/mol. The molecule has 6 nitrogen and oxygen atoms in total. The van der Waals surface area contributed by atoms with E-state index in [4.69, 9.17) is 0 Å². The lowest BCUT2D eigenvalue weighted by Crippen LogP contribution is -2.42. The molecule has 1 aromatic carbocycles. The van der Waals surface area contributed by atoms with Crippen molar-refractivity contribution < 1.29 is 13.2 Å². The first-order chi connectivity index (χ1) is 12.8. The number of rotatable bonds is 4. The van der Waals surface area contributed by atoms with Gasteiger partial charge in [0.1, 0.15) is 0 Å². The summed E-state index contributed by atoms with van der Waals surface area (Å²) in [7, 11) is -3.34. The predicted molar refractivity (Wildman–Crippen MR) is 106 cm³/mol. The number of anilines is 1. The number of carbonyl (C=O) groups is 1. The van der Waals surface area contributed by atoms with Crippen LogP contribution in [0.15, 0.2) is 47.6 Å². The van der Waals surface area contributed by atoms with Gasteiger partial charge in [0.05, 0.1) is 11.9 Å². The quantitative estimate of drug-likeness (QED) is 0.873. The molecule has 0 radical (unpaired) electrons. The number of hydrogen-bond acceptors (Lipinski definition) is 4. The standard InChI is InChI=1S/C20H25N3O3S/c1-15-5-7-16(8-6-15)12-17-4-3-11-23(14-17)20(24)22-18-9-10-19(21-13-18)27(2,25)26/h5-10,13,17H,3-4,11-12,14H2,1-2H3,(H,22,24)/t17-/m0/s1. The highest BCUT2D eigenvalue weighted by Gasteiger charge is 2.24. The van der Waals surface area contributed by atoms with Gasteiger partial charge in [-0.3, -0.25) is 0 Å². The Labute approximate surface area is 160 Å². The van der Waals surface area contributed by atoms with Crippen LogP contribution < -0.4 is 5.32 Å². The largest absolute Gasteiger partial charge is 0.324 e. The summed E-state index contributed by atoms with van der Waals surface area (Å²) in [6.45, 7) is 3.52. The van der Waals surface area contributed by atoms with E-state index in [-0.39, 0.29) is 11.1 Å². The molecule has 1 saturated heterocycles. The summed E-state index contributed by atoms with van der Waals surface area (Å²) in [4.78, 5) is 18.3. The summed E-state index contributed by atoms with van der Waals surface area (Å²) < 4.78 is 22.9. The molecule has 1 N–H and O–H groups in total. The summed E-state index contributed by atoms with van der Waals surface area (Å²) in [5.74, 6) is 0.443. The van der Waals surface area contributed by atoms with Crippen LogP contribution in [0, 0.1) is 12.8 Å². The molecule has 0 aliphatic carbocycles. The molecule has 7 heteroatoms. The molecule has 1 atom stereocenters. The average molecular weight is 388 g/mol.